The van der Waals surface area contributed by atoms with Gasteiger partial charge in [0.25, 0.3) is 5.91 Å². The first-order valence-electron chi connectivity index (χ1n) is 8.37. The number of carbonyl (C=O) groups is 1. The molecule has 23 heavy (non-hydrogen) atoms. The summed E-state index contributed by atoms with van der Waals surface area (Å²) < 4.78 is 0. The van der Waals surface area contributed by atoms with Gasteiger partial charge >= 0.3 is 0 Å². The maximum atomic E-state index is 12.9. The van der Waals surface area contributed by atoms with Gasteiger partial charge in [-0.1, -0.05) is 32.0 Å². The first kappa shape index (κ1) is 15.9. The van der Waals surface area contributed by atoms with Crippen LogP contribution >= 0.6 is 0 Å². The van der Waals surface area contributed by atoms with Gasteiger partial charge in [-0.2, -0.15) is 0 Å². The number of nitrogens with two attached hydrogens (primary N) is 1. The summed E-state index contributed by atoms with van der Waals surface area (Å²) in [4.78, 5) is 17.7. The topological polar surface area (TPSA) is 68.0 Å². The van der Waals surface area contributed by atoms with Crippen molar-refractivity contribution in [2.24, 2.45) is 11.7 Å². The number of carbonyl (C=O) groups excluding carboxylic acids is 1. The Morgan fingerprint density at radius 1 is 1.39 bits per heavy atom. The fourth-order valence-corrected chi connectivity index (χ4v) is 2.73. The van der Waals surface area contributed by atoms with Gasteiger partial charge in [0.15, 0.2) is 0 Å². The van der Waals surface area contributed by atoms with Crippen molar-refractivity contribution in [2.75, 3.05) is 6.54 Å². The van der Waals surface area contributed by atoms with E-state index in [1.54, 1.807) is 0 Å². The van der Waals surface area contributed by atoms with Crippen LogP contribution in [0.4, 0.5) is 0 Å². The van der Waals surface area contributed by atoms with Gasteiger partial charge in [-0.3, -0.25) is 9.78 Å². The number of rotatable bonds is 5. The van der Waals surface area contributed by atoms with E-state index in [2.05, 4.69) is 19.2 Å². The normalized spacial score (nSPS) is 17.3. The third-order valence-electron chi connectivity index (χ3n) is 5.07. The fraction of sp³-hybridized carbons (Fsp3) is 0.474. The van der Waals surface area contributed by atoms with Gasteiger partial charge < -0.3 is 11.1 Å². The van der Waals surface area contributed by atoms with Gasteiger partial charge in [0, 0.05) is 23.5 Å². The number of hydrogen-bond acceptors (Lipinski definition) is 3. The number of amides is 1. The number of nitrogens with one attached hydrogen (secondary N) is 1. The van der Waals surface area contributed by atoms with E-state index in [1.165, 1.54) is 12.8 Å². The molecule has 1 aromatic heterocycles. The molecule has 1 saturated carbocycles. The molecular formula is C19H25N3O. The maximum Gasteiger partial charge on any atom is 0.252 e. The molecule has 122 valence electrons. The lowest BCUT2D eigenvalue weighted by molar-refractivity contribution is 0.0885. The van der Waals surface area contributed by atoms with Crippen LogP contribution in [0, 0.1) is 5.92 Å². The molecule has 2 aromatic rings. The van der Waals surface area contributed by atoms with Gasteiger partial charge in [0.05, 0.1) is 16.6 Å². The summed E-state index contributed by atoms with van der Waals surface area (Å²) in [6, 6.07) is 9.81. The van der Waals surface area contributed by atoms with Crippen LogP contribution in [0.25, 0.3) is 10.9 Å². The molecule has 3 N–H and O–H groups in total. The lowest BCUT2D eigenvalue weighted by atomic mass is 9.88. The van der Waals surface area contributed by atoms with Crippen LogP contribution in [-0.4, -0.2) is 23.0 Å². The Hall–Kier alpha value is -1.94. The average Bonchev–Trinajstić information content (AvgIpc) is 3.38. The van der Waals surface area contributed by atoms with E-state index in [4.69, 9.17) is 10.7 Å². The Morgan fingerprint density at radius 3 is 2.70 bits per heavy atom. The summed E-state index contributed by atoms with van der Waals surface area (Å²) in [5.41, 5.74) is 8.12. The second-order valence-electron chi connectivity index (χ2n) is 7.12. The van der Waals surface area contributed by atoms with Crippen molar-refractivity contribution in [3.05, 3.63) is 41.6 Å². The van der Waals surface area contributed by atoms with E-state index in [1.807, 2.05) is 37.3 Å². The van der Waals surface area contributed by atoms with Crippen molar-refractivity contribution in [3.8, 4) is 0 Å². The third-order valence-corrected chi connectivity index (χ3v) is 5.07. The molecule has 1 amide bonds. The molecule has 1 aliphatic rings. The number of para-hydroxylation sites is 1. The third kappa shape index (κ3) is 3.08. The predicted molar refractivity (Wildman–Crippen MR) is 93.5 cm³/mol. The molecule has 3 rings (SSSR count). The number of hydrogen-bond donors (Lipinski definition) is 2. The van der Waals surface area contributed by atoms with Gasteiger partial charge in [0.1, 0.15) is 0 Å². The molecule has 0 aliphatic heterocycles. The van der Waals surface area contributed by atoms with Gasteiger partial charge in [-0.15, -0.1) is 0 Å². The van der Waals surface area contributed by atoms with Crippen molar-refractivity contribution < 1.29 is 4.79 Å². The largest absolute Gasteiger partial charge is 0.345 e. The summed E-state index contributed by atoms with van der Waals surface area (Å²) >= 11 is 0. The van der Waals surface area contributed by atoms with Crippen LogP contribution in [0.1, 0.15) is 55.6 Å². The second-order valence-corrected chi connectivity index (χ2v) is 7.12. The molecule has 1 atom stereocenters. The molecule has 0 spiro atoms. The molecule has 4 heteroatoms. The zero-order chi connectivity index (χ0) is 16.6. The predicted octanol–water partition coefficient (Wildman–Crippen LogP) is 3.22. The maximum absolute atomic E-state index is 12.9. The van der Waals surface area contributed by atoms with E-state index < -0.39 is 5.54 Å². The van der Waals surface area contributed by atoms with Gasteiger partial charge in [-0.05, 0) is 37.8 Å². The summed E-state index contributed by atoms with van der Waals surface area (Å²) in [5.74, 6) is 0.705. The average molecular weight is 311 g/mol. The van der Waals surface area contributed by atoms with E-state index in [0.717, 1.165) is 16.6 Å². The molecule has 0 saturated heterocycles. The highest BCUT2D eigenvalue weighted by Gasteiger charge is 2.31. The van der Waals surface area contributed by atoms with Crippen LogP contribution < -0.4 is 11.1 Å². The van der Waals surface area contributed by atoms with Crippen molar-refractivity contribution in [1.29, 1.82) is 0 Å². The zero-order valence-electron chi connectivity index (χ0n) is 14.1. The van der Waals surface area contributed by atoms with Crippen molar-refractivity contribution in [2.45, 2.75) is 45.1 Å². The molecule has 1 aromatic carbocycles. The molecule has 4 nitrogen and oxygen atoms in total. The lowest BCUT2D eigenvalue weighted by Gasteiger charge is -2.33. The Labute approximate surface area is 137 Å². The lowest BCUT2D eigenvalue weighted by Crippen LogP contribution is -2.55. The first-order valence-corrected chi connectivity index (χ1v) is 8.37. The van der Waals surface area contributed by atoms with E-state index in [0.29, 0.717) is 18.0 Å². The minimum absolute atomic E-state index is 0.0628. The minimum Gasteiger partial charge on any atom is -0.345 e. The molecule has 0 radical (unpaired) electrons. The summed E-state index contributed by atoms with van der Waals surface area (Å²) in [6.45, 7) is 6.57. The molecule has 1 heterocycles. The quantitative estimate of drug-likeness (QED) is 0.891. The smallest absolute Gasteiger partial charge is 0.252 e. The molecule has 1 aliphatic carbocycles. The number of pyridine rings is 1. The van der Waals surface area contributed by atoms with Gasteiger partial charge in [0.2, 0.25) is 0 Å². The number of nitrogens with zero attached hydrogens (tertiary/aromatic N) is 1. The minimum atomic E-state index is -0.415. The fourth-order valence-electron chi connectivity index (χ4n) is 2.73. The Bertz CT molecular complexity index is 736. The number of aromatic nitrogens is 1. The highest BCUT2D eigenvalue weighted by molar-refractivity contribution is 6.06. The van der Waals surface area contributed by atoms with Crippen molar-refractivity contribution in [1.82, 2.24) is 10.3 Å². The SMILES string of the molecule is CC(C)C(C)(CN)NC(=O)c1cc(C2CC2)nc2ccccc12. The Balaban J connectivity index is 2.02. The van der Waals surface area contributed by atoms with E-state index in [9.17, 15) is 4.79 Å². The highest BCUT2D eigenvalue weighted by Crippen LogP contribution is 2.40. The standard InChI is InChI=1S/C19H25N3O/c1-12(2)19(3,11-20)22-18(23)15-10-17(13-8-9-13)21-16-7-5-4-6-14(15)16/h4-7,10,12-13H,8-9,11,20H2,1-3H3,(H,22,23). The molecular weight excluding hydrogens is 286 g/mol. The zero-order valence-corrected chi connectivity index (χ0v) is 14.1. The highest BCUT2D eigenvalue weighted by atomic mass is 16.1. The monoisotopic (exact) mass is 311 g/mol. The van der Waals surface area contributed by atoms with E-state index >= 15 is 0 Å². The molecule has 1 fully saturated rings. The second kappa shape index (κ2) is 5.93. The van der Waals surface area contributed by atoms with Crippen LogP contribution in [0.15, 0.2) is 30.3 Å². The van der Waals surface area contributed by atoms with Crippen LogP contribution in [-0.2, 0) is 0 Å². The van der Waals surface area contributed by atoms with Crippen molar-refractivity contribution in [3.63, 3.8) is 0 Å². The summed E-state index contributed by atoms with van der Waals surface area (Å²) in [5, 5.41) is 4.05. The van der Waals surface area contributed by atoms with E-state index in [-0.39, 0.29) is 11.8 Å². The number of benzene rings is 1. The number of fused-ring (bicyclic) bond motifs is 1. The summed E-state index contributed by atoms with van der Waals surface area (Å²) in [7, 11) is 0. The van der Waals surface area contributed by atoms with Crippen LogP contribution in [0.3, 0.4) is 0 Å². The molecule has 0 bridgehead atoms. The van der Waals surface area contributed by atoms with Crippen molar-refractivity contribution >= 4 is 16.8 Å². The van der Waals surface area contributed by atoms with Gasteiger partial charge in [-0.25, -0.2) is 0 Å². The van der Waals surface area contributed by atoms with Crippen LogP contribution in [0.5, 0.6) is 0 Å². The Morgan fingerprint density at radius 2 is 2.09 bits per heavy atom. The molecule has 1 unspecified atom stereocenters. The summed E-state index contributed by atoms with van der Waals surface area (Å²) in [6.07, 6.45) is 2.33. The first-order chi connectivity index (χ1) is 10.9. The Kier molecular flexibility index (Phi) is 4.11. The van der Waals surface area contributed by atoms with Crippen LogP contribution in [0.2, 0.25) is 0 Å².